The predicted molar refractivity (Wildman–Crippen MR) is 114 cm³/mol. The largest absolute Gasteiger partial charge is 0.235 e. The minimum Gasteiger partial charge on any atom is -0.235 e. The highest BCUT2D eigenvalue weighted by Crippen LogP contribution is 2.40. The molecular formula is C22H12Cl2N2O2S. The van der Waals surface area contributed by atoms with Gasteiger partial charge in [0.1, 0.15) is 10.0 Å². The van der Waals surface area contributed by atoms with Crippen molar-refractivity contribution in [1.82, 2.24) is 4.98 Å². The van der Waals surface area contributed by atoms with E-state index in [9.17, 15) is 8.42 Å². The third kappa shape index (κ3) is 3.47. The van der Waals surface area contributed by atoms with Crippen LogP contribution in [0.15, 0.2) is 82.6 Å². The lowest BCUT2D eigenvalue weighted by Gasteiger charge is -2.15. The SMILES string of the molecule is N#Cc1cccc(S(=O)(=O)c2c(Cl)nc3ccccc3c2-c2ccc(Cl)cc2)c1. The lowest BCUT2D eigenvalue weighted by molar-refractivity contribution is 0.596. The topological polar surface area (TPSA) is 70.8 Å². The predicted octanol–water partition coefficient (Wildman–Crippen LogP) is 5.91. The van der Waals surface area contributed by atoms with Crippen LogP contribution in [0.3, 0.4) is 0 Å². The van der Waals surface area contributed by atoms with E-state index in [1.807, 2.05) is 18.2 Å². The molecule has 0 radical (unpaired) electrons. The molecule has 1 aromatic heterocycles. The van der Waals surface area contributed by atoms with Crippen molar-refractivity contribution >= 4 is 43.9 Å². The maximum atomic E-state index is 13.6. The number of benzene rings is 3. The smallest absolute Gasteiger partial charge is 0.210 e. The first-order valence-electron chi connectivity index (χ1n) is 8.51. The molecule has 0 aliphatic rings. The van der Waals surface area contributed by atoms with Crippen LogP contribution >= 0.6 is 23.2 Å². The first-order valence-corrected chi connectivity index (χ1v) is 10.7. The fraction of sp³-hybridized carbons (Fsp3) is 0. The number of para-hydroxylation sites is 1. The summed E-state index contributed by atoms with van der Waals surface area (Å²) in [6.45, 7) is 0. The third-order valence-electron chi connectivity index (χ3n) is 4.48. The standard InChI is InChI=1S/C22H12Cl2N2O2S/c23-16-10-8-15(9-11-16)20-18-6-1-2-7-19(18)26-22(24)21(20)29(27,28)17-5-3-4-14(12-17)13-25/h1-12H. The summed E-state index contributed by atoms with van der Waals surface area (Å²) < 4.78 is 27.1. The number of aromatic nitrogens is 1. The van der Waals surface area contributed by atoms with Crippen molar-refractivity contribution in [1.29, 1.82) is 5.26 Å². The van der Waals surface area contributed by atoms with Crippen LogP contribution in [0.1, 0.15) is 5.56 Å². The van der Waals surface area contributed by atoms with E-state index in [4.69, 9.17) is 28.5 Å². The lowest BCUT2D eigenvalue weighted by Crippen LogP contribution is -2.07. The van der Waals surface area contributed by atoms with Gasteiger partial charge in [-0.15, -0.1) is 0 Å². The first kappa shape index (κ1) is 19.4. The minimum atomic E-state index is -4.06. The van der Waals surface area contributed by atoms with E-state index < -0.39 is 9.84 Å². The summed E-state index contributed by atoms with van der Waals surface area (Å²) in [6.07, 6.45) is 0. The number of fused-ring (bicyclic) bond motifs is 1. The molecule has 142 valence electrons. The zero-order valence-corrected chi connectivity index (χ0v) is 17.1. The molecule has 0 saturated heterocycles. The fourth-order valence-electron chi connectivity index (χ4n) is 3.16. The first-order chi connectivity index (χ1) is 13.9. The number of rotatable bonds is 3. The Morgan fingerprint density at radius 3 is 2.34 bits per heavy atom. The molecule has 0 saturated carbocycles. The quantitative estimate of drug-likeness (QED) is 0.372. The van der Waals surface area contributed by atoms with Gasteiger partial charge in [0.15, 0.2) is 0 Å². The van der Waals surface area contributed by atoms with Crippen LogP contribution in [0.25, 0.3) is 22.0 Å². The molecule has 0 aliphatic heterocycles. The van der Waals surface area contributed by atoms with E-state index in [1.165, 1.54) is 18.2 Å². The van der Waals surface area contributed by atoms with Gasteiger partial charge in [0.25, 0.3) is 0 Å². The van der Waals surface area contributed by atoms with Crippen LogP contribution in [-0.2, 0) is 9.84 Å². The molecular weight excluding hydrogens is 427 g/mol. The molecule has 4 nitrogen and oxygen atoms in total. The molecule has 7 heteroatoms. The second-order valence-corrected chi connectivity index (χ2v) is 8.95. The number of hydrogen-bond donors (Lipinski definition) is 0. The Balaban J connectivity index is 2.11. The van der Waals surface area contributed by atoms with Gasteiger partial charge in [-0.3, -0.25) is 0 Å². The van der Waals surface area contributed by atoms with Gasteiger partial charge in [0.2, 0.25) is 9.84 Å². The van der Waals surface area contributed by atoms with Crippen molar-refractivity contribution in [2.45, 2.75) is 9.79 Å². The maximum absolute atomic E-state index is 13.6. The highest BCUT2D eigenvalue weighted by Gasteiger charge is 2.28. The van der Waals surface area contributed by atoms with E-state index in [0.717, 1.165) is 0 Å². The zero-order valence-electron chi connectivity index (χ0n) is 14.8. The van der Waals surface area contributed by atoms with Crippen molar-refractivity contribution in [3.8, 4) is 17.2 Å². The second kappa shape index (κ2) is 7.49. The molecule has 0 N–H and O–H groups in total. The normalized spacial score (nSPS) is 11.3. The fourth-order valence-corrected chi connectivity index (χ4v) is 5.32. The van der Waals surface area contributed by atoms with Crippen molar-refractivity contribution in [3.05, 3.63) is 88.5 Å². The Morgan fingerprint density at radius 1 is 0.897 bits per heavy atom. The van der Waals surface area contributed by atoms with Crippen LogP contribution in [0, 0.1) is 11.3 Å². The Morgan fingerprint density at radius 2 is 1.62 bits per heavy atom. The van der Waals surface area contributed by atoms with Gasteiger partial charge in [-0.2, -0.15) is 5.26 Å². The van der Waals surface area contributed by atoms with Crippen molar-refractivity contribution in [2.75, 3.05) is 0 Å². The molecule has 0 atom stereocenters. The number of halogens is 2. The second-order valence-electron chi connectivity index (χ2n) is 6.27. The lowest BCUT2D eigenvalue weighted by atomic mass is 10.0. The summed E-state index contributed by atoms with van der Waals surface area (Å²) in [5.74, 6) is 0. The third-order valence-corrected chi connectivity index (χ3v) is 6.93. The van der Waals surface area contributed by atoms with Crippen LogP contribution in [0.2, 0.25) is 10.2 Å². The van der Waals surface area contributed by atoms with Gasteiger partial charge in [0.05, 0.1) is 22.0 Å². The van der Waals surface area contributed by atoms with Gasteiger partial charge in [0, 0.05) is 16.0 Å². The summed E-state index contributed by atoms with van der Waals surface area (Å²) in [4.78, 5) is 4.18. The molecule has 0 amide bonds. The van der Waals surface area contributed by atoms with Crippen molar-refractivity contribution in [2.24, 2.45) is 0 Å². The van der Waals surface area contributed by atoms with E-state index in [0.29, 0.717) is 27.1 Å². The number of nitriles is 1. The summed E-state index contributed by atoms with van der Waals surface area (Å²) >= 11 is 12.4. The summed E-state index contributed by atoms with van der Waals surface area (Å²) in [5.41, 5.74) is 1.90. The van der Waals surface area contributed by atoms with Crippen molar-refractivity contribution in [3.63, 3.8) is 0 Å². The molecule has 1 heterocycles. The average molecular weight is 439 g/mol. The van der Waals surface area contributed by atoms with Crippen LogP contribution in [0.4, 0.5) is 0 Å². The number of sulfone groups is 1. The molecule has 0 aliphatic carbocycles. The monoisotopic (exact) mass is 438 g/mol. The van der Waals surface area contributed by atoms with E-state index in [-0.39, 0.29) is 20.5 Å². The summed E-state index contributed by atoms with van der Waals surface area (Å²) in [7, 11) is -4.06. The number of hydrogen-bond acceptors (Lipinski definition) is 4. The summed E-state index contributed by atoms with van der Waals surface area (Å²) in [5, 5.41) is 10.2. The Bertz CT molecular complexity index is 1390. The molecule has 0 unspecified atom stereocenters. The number of nitrogens with zero attached hydrogens (tertiary/aromatic N) is 2. The Hall–Kier alpha value is -2.91. The summed E-state index contributed by atoms with van der Waals surface area (Å²) in [6, 6.07) is 21.8. The van der Waals surface area contributed by atoms with Crippen LogP contribution < -0.4 is 0 Å². The van der Waals surface area contributed by atoms with Crippen molar-refractivity contribution < 1.29 is 8.42 Å². The minimum absolute atomic E-state index is 0.0225. The van der Waals surface area contributed by atoms with Gasteiger partial charge in [-0.25, -0.2) is 13.4 Å². The molecule has 0 spiro atoms. The van der Waals surface area contributed by atoms with Gasteiger partial charge < -0.3 is 0 Å². The molecule has 4 rings (SSSR count). The molecule has 0 bridgehead atoms. The molecule has 3 aromatic carbocycles. The van der Waals surface area contributed by atoms with Gasteiger partial charge in [-0.05, 0) is 42.0 Å². The number of pyridine rings is 1. The van der Waals surface area contributed by atoms with Crippen LogP contribution in [-0.4, -0.2) is 13.4 Å². The zero-order chi connectivity index (χ0) is 20.6. The average Bonchev–Trinajstić information content (AvgIpc) is 2.73. The van der Waals surface area contributed by atoms with E-state index in [2.05, 4.69) is 4.98 Å². The van der Waals surface area contributed by atoms with Gasteiger partial charge in [-0.1, -0.05) is 59.6 Å². The highest BCUT2D eigenvalue weighted by molar-refractivity contribution is 7.91. The Labute approximate surface area is 177 Å². The van der Waals surface area contributed by atoms with E-state index in [1.54, 1.807) is 42.5 Å². The van der Waals surface area contributed by atoms with E-state index >= 15 is 0 Å². The van der Waals surface area contributed by atoms with Crippen LogP contribution in [0.5, 0.6) is 0 Å². The highest BCUT2D eigenvalue weighted by atomic mass is 35.5. The molecule has 29 heavy (non-hydrogen) atoms. The van der Waals surface area contributed by atoms with Gasteiger partial charge >= 0.3 is 0 Å². The Kier molecular flexibility index (Phi) is 5.01. The molecule has 4 aromatic rings. The molecule has 0 fully saturated rings. The maximum Gasteiger partial charge on any atom is 0.210 e.